The summed E-state index contributed by atoms with van der Waals surface area (Å²) >= 11 is 0. The highest BCUT2D eigenvalue weighted by Gasteiger charge is 2.09. The zero-order valence-electron chi connectivity index (χ0n) is 12.7. The fraction of sp³-hybridized carbons (Fsp3) is 0.812. The summed E-state index contributed by atoms with van der Waals surface area (Å²) in [6.45, 7) is 4.36. The number of hydrogen-bond donors (Lipinski definition) is 1. The monoisotopic (exact) mass is 269 g/mol. The second-order valence-corrected chi connectivity index (χ2v) is 4.99. The van der Waals surface area contributed by atoms with Gasteiger partial charge in [-0.25, -0.2) is 4.79 Å². The van der Waals surface area contributed by atoms with Gasteiger partial charge in [0.1, 0.15) is 6.73 Å². The molecule has 0 radical (unpaired) electrons. The molecule has 0 aliphatic carbocycles. The van der Waals surface area contributed by atoms with E-state index in [1.165, 1.54) is 38.5 Å². The molecule has 0 aliphatic rings. The molecular formula is C16H31NO2. The van der Waals surface area contributed by atoms with Crippen LogP contribution in [-0.2, 0) is 9.53 Å². The Morgan fingerprint density at radius 1 is 1.00 bits per heavy atom. The first-order valence-corrected chi connectivity index (χ1v) is 7.82. The smallest absolute Gasteiger partial charge is 0.334 e. The van der Waals surface area contributed by atoms with Crippen LogP contribution in [-0.4, -0.2) is 12.7 Å². The first kappa shape index (κ1) is 18.2. The maximum atomic E-state index is 11.8. The van der Waals surface area contributed by atoms with Crippen molar-refractivity contribution in [1.82, 2.24) is 0 Å². The minimum absolute atomic E-state index is 0.0268. The lowest BCUT2D eigenvalue weighted by Crippen LogP contribution is -2.14. The number of ether oxygens (including phenoxy) is 1. The van der Waals surface area contributed by atoms with Crippen molar-refractivity contribution in [2.45, 2.75) is 78.1 Å². The third-order valence-electron chi connectivity index (χ3n) is 3.22. The summed E-state index contributed by atoms with van der Waals surface area (Å²) in [5.74, 6) is -0.227. The minimum atomic E-state index is -0.227. The highest BCUT2D eigenvalue weighted by molar-refractivity contribution is 5.88. The molecule has 0 rings (SSSR count). The second kappa shape index (κ2) is 13.6. The molecule has 2 N–H and O–H groups in total. The van der Waals surface area contributed by atoms with Gasteiger partial charge in [0.15, 0.2) is 0 Å². The highest BCUT2D eigenvalue weighted by atomic mass is 16.5. The molecule has 0 aromatic carbocycles. The summed E-state index contributed by atoms with van der Waals surface area (Å²) in [6.07, 6.45) is 13.4. The highest BCUT2D eigenvalue weighted by Crippen LogP contribution is 2.14. The molecule has 0 aliphatic heterocycles. The lowest BCUT2D eigenvalue weighted by atomic mass is 10.0. The molecule has 112 valence electrons. The van der Waals surface area contributed by atoms with Crippen LogP contribution in [0, 0.1) is 0 Å². The van der Waals surface area contributed by atoms with Gasteiger partial charge in [0.2, 0.25) is 0 Å². The number of unbranched alkanes of at least 4 members (excludes halogenated alkanes) is 7. The Morgan fingerprint density at radius 2 is 1.63 bits per heavy atom. The van der Waals surface area contributed by atoms with Crippen LogP contribution >= 0.6 is 0 Å². The third-order valence-corrected chi connectivity index (χ3v) is 3.22. The van der Waals surface area contributed by atoms with E-state index in [-0.39, 0.29) is 12.7 Å². The second-order valence-electron chi connectivity index (χ2n) is 4.99. The molecule has 0 aromatic heterocycles. The maximum absolute atomic E-state index is 11.8. The molecule has 0 spiro atoms. The van der Waals surface area contributed by atoms with Crippen LogP contribution in [0.1, 0.15) is 78.1 Å². The maximum Gasteiger partial charge on any atom is 0.334 e. The summed E-state index contributed by atoms with van der Waals surface area (Å²) in [5.41, 5.74) is 6.09. The normalized spacial score (nSPS) is 11.6. The Morgan fingerprint density at radius 3 is 2.21 bits per heavy atom. The standard InChI is InChI=1S/C16H31NO2/c1-3-5-7-9-11-13-15(16(18)19-14-17)12-10-8-6-4-2/h13H,3-12,14,17H2,1-2H3. The molecule has 3 heteroatoms. The Kier molecular flexibility index (Phi) is 13.0. The Hall–Kier alpha value is -0.830. The van der Waals surface area contributed by atoms with E-state index in [0.29, 0.717) is 0 Å². The van der Waals surface area contributed by atoms with E-state index >= 15 is 0 Å². The fourth-order valence-corrected chi connectivity index (χ4v) is 2.05. The number of carbonyl (C=O) groups is 1. The topological polar surface area (TPSA) is 52.3 Å². The van der Waals surface area contributed by atoms with Gasteiger partial charge in [0.25, 0.3) is 0 Å². The SMILES string of the molecule is CCCCCCC=C(CCCCCC)C(=O)OCN. The van der Waals surface area contributed by atoms with Gasteiger partial charge in [-0.05, 0) is 25.7 Å². The summed E-state index contributed by atoms with van der Waals surface area (Å²) in [6, 6.07) is 0. The van der Waals surface area contributed by atoms with Gasteiger partial charge in [-0.3, -0.25) is 5.73 Å². The van der Waals surface area contributed by atoms with Crippen LogP contribution in [0.5, 0.6) is 0 Å². The van der Waals surface area contributed by atoms with Crippen molar-refractivity contribution in [2.24, 2.45) is 5.73 Å². The van der Waals surface area contributed by atoms with Crippen molar-refractivity contribution in [3.63, 3.8) is 0 Å². The van der Waals surface area contributed by atoms with Crippen LogP contribution in [0.2, 0.25) is 0 Å². The number of nitrogens with two attached hydrogens (primary N) is 1. The summed E-state index contributed by atoms with van der Waals surface area (Å²) in [5, 5.41) is 0. The van der Waals surface area contributed by atoms with E-state index in [1.54, 1.807) is 0 Å². The third kappa shape index (κ3) is 10.8. The Labute approximate surface area is 118 Å². The van der Waals surface area contributed by atoms with Gasteiger partial charge in [0.05, 0.1) is 0 Å². The lowest BCUT2D eigenvalue weighted by molar-refractivity contribution is -0.139. The molecule has 0 bridgehead atoms. The van der Waals surface area contributed by atoms with E-state index in [0.717, 1.165) is 31.3 Å². The van der Waals surface area contributed by atoms with Crippen molar-refractivity contribution in [2.75, 3.05) is 6.73 Å². The summed E-state index contributed by atoms with van der Waals surface area (Å²) < 4.78 is 4.91. The molecule has 0 amide bonds. The quantitative estimate of drug-likeness (QED) is 0.248. The van der Waals surface area contributed by atoms with Crippen molar-refractivity contribution in [3.05, 3.63) is 11.6 Å². The van der Waals surface area contributed by atoms with E-state index in [9.17, 15) is 4.79 Å². The number of hydrogen-bond acceptors (Lipinski definition) is 3. The van der Waals surface area contributed by atoms with Crippen molar-refractivity contribution in [1.29, 1.82) is 0 Å². The van der Waals surface area contributed by atoms with Crippen LogP contribution in [0.3, 0.4) is 0 Å². The summed E-state index contributed by atoms with van der Waals surface area (Å²) in [4.78, 5) is 11.8. The van der Waals surface area contributed by atoms with Crippen LogP contribution in [0.4, 0.5) is 0 Å². The van der Waals surface area contributed by atoms with Gasteiger partial charge in [-0.1, -0.05) is 58.4 Å². The summed E-state index contributed by atoms with van der Waals surface area (Å²) in [7, 11) is 0. The van der Waals surface area contributed by atoms with Gasteiger partial charge in [-0.15, -0.1) is 0 Å². The lowest BCUT2D eigenvalue weighted by Gasteiger charge is -2.07. The first-order chi connectivity index (χ1) is 9.26. The Balaban J connectivity index is 4.08. The molecule has 0 unspecified atom stereocenters. The Bertz CT molecular complexity index is 249. The van der Waals surface area contributed by atoms with Gasteiger partial charge >= 0.3 is 5.97 Å². The van der Waals surface area contributed by atoms with Crippen LogP contribution in [0.25, 0.3) is 0 Å². The molecule has 0 saturated carbocycles. The zero-order chi connectivity index (χ0) is 14.3. The minimum Gasteiger partial charge on any atom is -0.447 e. The van der Waals surface area contributed by atoms with E-state index < -0.39 is 0 Å². The number of allylic oxidation sites excluding steroid dienone is 1. The van der Waals surface area contributed by atoms with Crippen LogP contribution < -0.4 is 5.73 Å². The van der Waals surface area contributed by atoms with E-state index in [4.69, 9.17) is 10.5 Å². The predicted molar refractivity (Wildman–Crippen MR) is 80.7 cm³/mol. The molecule has 3 nitrogen and oxygen atoms in total. The molecule has 0 heterocycles. The van der Waals surface area contributed by atoms with E-state index in [1.807, 2.05) is 0 Å². The zero-order valence-corrected chi connectivity index (χ0v) is 12.7. The molecule has 0 atom stereocenters. The number of rotatable bonds is 12. The predicted octanol–water partition coefficient (Wildman–Crippen LogP) is 4.31. The van der Waals surface area contributed by atoms with Crippen LogP contribution in [0.15, 0.2) is 11.6 Å². The molecule has 0 aromatic rings. The van der Waals surface area contributed by atoms with E-state index in [2.05, 4.69) is 19.9 Å². The first-order valence-electron chi connectivity index (χ1n) is 7.82. The van der Waals surface area contributed by atoms with Gasteiger partial charge in [0, 0.05) is 5.57 Å². The average molecular weight is 269 g/mol. The largest absolute Gasteiger partial charge is 0.447 e. The fourth-order valence-electron chi connectivity index (χ4n) is 2.05. The average Bonchev–Trinajstić information content (AvgIpc) is 2.41. The molecule has 0 fully saturated rings. The number of carbonyl (C=O) groups excluding carboxylic acids is 1. The number of esters is 1. The van der Waals surface area contributed by atoms with Gasteiger partial charge in [-0.2, -0.15) is 0 Å². The molecule has 0 saturated heterocycles. The van der Waals surface area contributed by atoms with Crippen molar-refractivity contribution >= 4 is 5.97 Å². The van der Waals surface area contributed by atoms with Crippen molar-refractivity contribution < 1.29 is 9.53 Å². The molecule has 19 heavy (non-hydrogen) atoms. The van der Waals surface area contributed by atoms with Crippen molar-refractivity contribution in [3.8, 4) is 0 Å². The van der Waals surface area contributed by atoms with Gasteiger partial charge < -0.3 is 4.74 Å². The molecular weight excluding hydrogens is 238 g/mol.